The molecule has 0 aliphatic heterocycles. The van der Waals surface area contributed by atoms with Gasteiger partial charge in [0, 0.05) is 18.2 Å². The Kier molecular flexibility index (Phi) is 3.46. The average Bonchev–Trinajstić information content (AvgIpc) is 2.87. The van der Waals surface area contributed by atoms with Crippen LogP contribution in [-0.4, -0.2) is 19.7 Å². The van der Waals surface area contributed by atoms with Crippen molar-refractivity contribution in [1.29, 1.82) is 0 Å². The first-order valence-corrected chi connectivity index (χ1v) is 8.16. The first-order valence-electron chi connectivity index (χ1n) is 7.17. The highest BCUT2D eigenvalue weighted by atomic mass is 32.2. The number of aryl methyl sites for hydroxylation is 1. The molecule has 2 aromatic carbocycles. The summed E-state index contributed by atoms with van der Waals surface area (Å²) in [6.45, 7) is 0. The third-order valence-corrected chi connectivity index (χ3v) is 4.68. The van der Waals surface area contributed by atoms with Gasteiger partial charge in [0.15, 0.2) is 5.65 Å². The van der Waals surface area contributed by atoms with Crippen molar-refractivity contribution in [3.8, 4) is 0 Å². The van der Waals surface area contributed by atoms with Crippen LogP contribution in [-0.2, 0) is 12.8 Å². The van der Waals surface area contributed by atoms with E-state index in [0.717, 1.165) is 27.6 Å². The highest BCUT2D eigenvalue weighted by Gasteiger charge is 2.12. The van der Waals surface area contributed by atoms with E-state index in [-0.39, 0.29) is 5.82 Å². The number of hydrogen-bond acceptors (Lipinski definition) is 4. The zero-order valence-electron chi connectivity index (χ0n) is 12.4. The summed E-state index contributed by atoms with van der Waals surface area (Å²) in [5.74, 6) is 0.450. The molecule has 0 saturated carbocycles. The minimum absolute atomic E-state index is 0.228. The van der Waals surface area contributed by atoms with Crippen molar-refractivity contribution in [2.75, 3.05) is 0 Å². The van der Waals surface area contributed by atoms with Crippen LogP contribution in [0, 0.1) is 5.82 Å². The van der Waals surface area contributed by atoms with Crippen molar-refractivity contribution in [1.82, 2.24) is 19.7 Å². The summed E-state index contributed by atoms with van der Waals surface area (Å²) < 4.78 is 15.0. The molecule has 114 valence electrons. The van der Waals surface area contributed by atoms with Gasteiger partial charge in [0.1, 0.15) is 11.3 Å². The van der Waals surface area contributed by atoms with Crippen LogP contribution < -0.4 is 0 Å². The standard InChI is InChI=1S/C17H13FN4S/c1-22-14-5-3-2-4-13(14)15-16(22)19-17(21-20-15)23-10-11-6-8-12(18)9-7-11/h2-9H,10H2,1H3. The Labute approximate surface area is 136 Å². The van der Waals surface area contributed by atoms with Crippen molar-refractivity contribution < 1.29 is 4.39 Å². The Morgan fingerprint density at radius 3 is 2.65 bits per heavy atom. The fourth-order valence-electron chi connectivity index (χ4n) is 2.58. The van der Waals surface area contributed by atoms with Crippen LogP contribution in [0.2, 0.25) is 0 Å². The molecule has 0 saturated heterocycles. The van der Waals surface area contributed by atoms with Crippen molar-refractivity contribution >= 4 is 33.8 Å². The average molecular weight is 324 g/mol. The molecule has 0 amide bonds. The van der Waals surface area contributed by atoms with Gasteiger partial charge in [-0.1, -0.05) is 42.1 Å². The molecule has 0 aliphatic rings. The fraction of sp³-hybridized carbons (Fsp3) is 0.118. The van der Waals surface area contributed by atoms with E-state index in [1.165, 1.54) is 23.9 Å². The number of rotatable bonds is 3. The Balaban J connectivity index is 1.67. The maximum atomic E-state index is 12.9. The van der Waals surface area contributed by atoms with Gasteiger partial charge < -0.3 is 4.57 Å². The summed E-state index contributed by atoms with van der Waals surface area (Å²) in [4.78, 5) is 4.62. The van der Waals surface area contributed by atoms with Gasteiger partial charge in [-0.3, -0.25) is 0 Å². The summed E-state index contributed by atoms with van der Waals surface area (Å²) in [6.07, 6.45) is 0. The Bertz CT molecular complexity index is 995. The second-order valence-corrected chi connectivity index (χ2v) is 6.20. The third-order valence-electron chi connectivity index (χ3n) is 3.77. The lowest BCUT2D eigenvalue weighted by Gasteiger charge is -2.01. The number of aromatic nitrogens is 4. The smallest absolute Gasteiger partial charge is 0.211 e. The number of nitrogens with zero attached hydrogens (tertiary/aromatic N) is 4. The van der Waals surface area contributed by atoms with Crippen LogP contribution in [0.3, 0.4) is 0 Å². The third kappa shape index (κ3) is 2.55. The monoisotopic (exact) mass is 324 g/mol. The predicted octanol–water partition coefficient (Wildman–Crippen LogP) is 3.95. The van der Waals surface area contributed by atoms with Gasteiger partial charge in [0.2, 0.25) is 5.16 Å². The normalized spacial score (nSPS) is 11.4. The minimum atomic E-state index is -0.228. The van der Waals surface area contributed by atoms with E-state index in [4.69, 9.17) is 0 Å². The van der Waals surface area contributed by atoms with Gasteiger partial charge in [-0.2, -0.15) is 0 Å². The van der Waals surface area contributed by atoms with Crippen LogP contribution in [0.5, 0.6) is 0 Å². The van der Waals surface area contributed by atoms with E-state index in [9.17, 15) is 4.39 Å². The summed E-state index contributed by atoms with van der Waals surface area (Å²) in [5.41, 5.74) is 3.75. The van der Waals surface area contributed by atoms with Gasteiger partial charge in [-0.05, 0) is 23.8 Å². The zero-order valence-corrected chi connectivity index (χ0v) is 13.2. The SMILES string of the molecule is Cn1c2ccccc2c2nnc(SCc3ccc(F)cc3)nc21. The predicted molar refractivity (Wildman–Crippen MR) is 89.8 cm³/mol. The Hall–Kier alpha value is -2.47. The molecular weight excluding hydrogens is 311 g/mol. The van der Waals surface area contributed by atoms with E-state index < -0.39 is 0 Å². The molecule has 6 heteroatoms. The maximum Gasteiger partial charge on any atom is 0.211 e. The highest BCUT2D eigenvalue weighted by Crippen LogP contribution is 2.26. The Morgan fingerprint density at radius 1 is 1.04 bits per heavy atom. The van der Waals surface area contributed by atoms with Crippen LogP contribution in [0.25, 0.3) is 22.1 Å². The molecule has 23 heavy (non-hydrogen) atoms. The molecule has 0 N–H and O–H groups in total. The van der Waals surface area contributed by atoms with Crippen LogP contribution in [0.4, 0.5) is 4.39 Å². The molecule has 0 aliphatic carbocycles. The van der Waals surface area contributed by atoms with Gasteiger partial charge in [-0.25, -0.2) is 9.37 Å². The molecule has 2 aromatic heterocycles. The molecule has 0 spiro atoms. The van der Waals surface area contributed by atoms with Crippen LogP contribution >= 0.6 is 11.8 Å². The maximum absolute atomic E-state index is 12.9. The first kappa shape index (κ1) is 14.1. The summed E-state index contributed by atoms with van der Waals surface area (Å²) in [6, 6.07) is 14.5. The molecule has 2 heterocycles. The second-order valence-electron chi connectivity index (χ2n) is 5.26. The number of hydrogen-bond donors (Lipinski definition) is 0. The van der Waals surface area contributed by atoms with E-state index in [1.54, 1.807) is 12.1 Å². The van der Waals surface area contributed by atoms with Crippen LogP contribution in [0.1, 0.15) is 5.56 Å². The van der Waals surface area contributed by atoms with Crippen molar-refractivity contribution in [3.05, 3.63) is 59.9 Å². The van der Waals surface area contributed by atoms with Gasteiger partial charge >= 0.3 is 0 Å². The van der Waals surface area contributed by atoms with Crippen LogP contribution in [0.15, 0.2) is 53.7 Å². The van der Waals surface area contributed by atoms with Crippen molar-refractivity contribution in [2.45, 2.75) is 10.9 Å². The molecule has 0 atom stereocenters. The molecule has 0 radical (unpaired) electrons. The van der Waals surface area contributed by atoms with Gasteiger partial charge in [-0.15, -0.1) is 10.2 Å². The summed E-state index contributed by atoms with van der Waals surface area (Å²) in [5, 5.41) is 10.2. The van der Waals surface area contributed by atoms with Crippen molar-refractivity contribution in [2.24, 2.45) is 7.05 Å². The van der Waals surface area contributed by atoms with Gasteiger partial charge in [0.25, 0.3) is 0 Å². The summed E-state index contributed by atoms with van der Waals surface area (Å²) >= 11 is 1.49. The molecule has 0 fully saturated rings. The molecule has 4 aromatic rings. The largest absolute Gasteiger partial charge is 0.327 e. The molecule has 4 rings (SSSR count). The quantitative estimate of drug-likeness (QED) is 0.535. The lowest BCUT2D eigenvalue weighted by molar-refractivity contribution is 0.627. The second kappa shape index (κ2) is 5.62. The van der Waals surface area contributed by atoms with Gasteiger partial charge in [0.05, 0.1) is 5.52 Å². The number of benzene rings is 2. The lowest BCUT2D eigenvalue weighted by atomic mass is 10.2. The fourth-order valence-corrected chi connectivity index (χ4v) is 3.32. The molecular formula is C17H13FN4S. The van der Waals surface area contributed by atoms with E-state index in [0.29, 0.717) is 10.9 Å². The molecule has 4 nitrogen and oxygen atoms in total. The first-order chi connectivity index (χ1) is 11.2. The Morgan fingerprint density at radius 2 is 1.83 bits per heavy atom. The topological polar surface area (TPSA) is 43.6 Å². The molecule has 0 unspecified atom stereocenters. The lowest BCUT2D eigenvalue weighted by Crippen LogP contribution is -1.95. The van der Waals surface area contributed by atoms with Crippen molar-refractivity contribution in [3.63, 3.8) is 0 Å². The molecule has 0 bridgehead atoms. The van der Waals surface area contributed by atoms with E-state index in [1.807, 2.05) is 35.9 Å². The minimum Gasteiger partial charge on any atom is -0.327 e. The summed E-state index contributed by atoms with van der Waals surface area (Å²) in [7, 11) is 1.98. The highest BCUT2D eigenvalue weighted by molar-refractivity contribution is 7.98. The zero-order chi connectivity index (χ0) is 15.8. The number of para-hydroxylation sites is 1. The number of halogens is 1. The number of thioether (sulfide) groups is 1. The van der Waals surface area contributed by atoms with E-state index >= 15 is 0 Å². The van der Waals surface area contributed by atoms with E-state index in [2.05, 4.69) is 15.2 Å². The number of fused-ring (bicyclic) bond motifs is 3.